The van der Waals surface area contributed by atoms with Gasteiger partial charge in [0.15, 0.2) is 5.52 Å². The van der Waals surface area contributed by atoms with E-state index in [9.17, 15) is 9.59 Å². The van der Waals surface area contributed by atoms with E-state index in [4.69, 9.17) is 4.74 Å². The van der Waals surface area contributed by atoms with Crippen molar-refractivity contribution in [3.8, 4) is 5.75 Å². The summed E-state index contributed by atoms with van der Waals surface area (Å²) in [6.07, 6.45) is 5.03. The number of isocyanates is 1. The van der Waals surface area contributed by atoms with Crippen molar-refractivity contribution in [1.82, 2.24) is 9.97 Å². The first-order chi connectivity index (χ1) is 17.0. The van der Waals surface area contributed by atoms with E-state index in [1.54, 1.807) is 24.3 Å². The fraction of sp³-hybridized carbons (Fsp3) is 0.250. The summed E-state index contributed by atoms with van der Waals surface area (Å²) >= 11 is 0. The molecule has 2 heterocycles. The molecule has 0 atom stereocenters. The summed E-state index contributed by atoms with van der Waals surface area (Å²) in [7, 11) is 1.53. The minimum absolute atomic E-state index is 0.280. The van der Waals surface area contributed by atoms with Gasteiger partial charge in [0.25, 0.3) is 5.69 Å². The van der Waals surface area contributed by atoms with Crippen LogP contribution in [0.1, 0.15) is 40.2 Å². The van der Waals surface area contributed by atoms with E-state index in [2.05, 4.69) is 40.0 Å². The van der Waals surface area contributed by atoms with Gasteiger partial charge in [0.1, 0.15) is 17.1 Å². The number of hydrogen-bond donors (Lipinski definition) is 1. The van der Waals surface area contributed by atoms with Crippen LogP contribution in [-0.4, -0.2) is 40.2 Å². The summed E-state index contributed by atoms with van der Waals surface area (Å²) in [6.45, 7) is 4.81. The summed E-state index contributed by atoms with van der Waals surface area (Å²) < 4.78 is 6.60. The molecule has 1 N–H and O–H groups in total. The van der Waals surface area contributed by atoms with Gasteiger partial charge in [0.05, 0.1) is 12.6 Å². The Morgan fingerprint density at radius 2 is 1.97 bits per heavy atom. The maximum Gasteiger partial charge on any atom is 0.440 e. The number of methoxy groups -OCH3 is 1. The monoisotopic (exact) mass is 467 g/mol. The van der Waals surface area contributed by atoms with Crippen LogP contribution in [0.15, 0.2) is 54.6 Å². The molecule has 1 aliphatic rings. The Hall–Kier alpha value is -4.22. The van der Waals surface area contributed by atoms with Crippen molar-refractivity contribution in [2.45, 2.75) is 33.1 Å². The van der Waals surface area contributed by atoms with Crippen molar-refractivity contribution in [1.29, 1.82) is 0 Å². The van der Waals surface area contributed by atoms with Gasteiger partial charge in [0, 0.05) is 30.1 Å². The Balaban J connectivity index is 1.55. The minimum Gasteiger partial charge on any atom is -0.496 e. The molecule has 4 aromatic rings. The lowest BCUT2D eigenvalue weighted by atomic mass is 10.0. The van der Waals surface area contributed by atoms with Gasteiger partial charge in [-0.2, -0.15) is 4.79 Å². The van der Waals surface area contributed by atoms with Crippen LogP contribution in [0.2, 0.25) is 0 Å². The van der Waals surface area contributed by atoms with Crippen LogP contribution in [0, 0.1) is 13.8 Å². The Kier molecular flexibility index (Phi) is 5.93. The summed E-state index contributed by atoms with van der Waals surface area (Å²) in [5.74, 6) is 0.570. The molecule has 0 spiro atoms. The van der Waals surface area contributed by atoms with Crippen molar-refractivity contribution in [2.75, 3.05) is 18.6 Å². The second-order valence-corrected chi connectivity index (χ2v) is 8.85. The Morgan fingerprint density at radius 3 is 2.77 bits per heavy atom. The molecule has 0 saturated carbocycles. The lowest BCUT2D eigenvalue weighted by Gasteiger charge is -2.26. The van der Waals surface area contributed by atoms with Crippen molar-refractivity contribution in [3.05, 3.63) is 77.1 Å². The number of aromatic amines is 1. The molecule has 0 bridgehead atoms. The molecular formula is C28H27N4O3+. The molecule has 176 valence electrons. The number of hydrogen-bond acceptors (Lipinski definition) is 5. The van der Waals surface area contributed by atoms with Gasteiger partial charge in [0.2, 0.25) is 0 Å². The number of amides is 1. The van der Waals surface area contributed by atoms with Crippen LogP contribution >= 0.6 is 0 Å². The molecule has 0 radical (unpaired) electrons. The van der Waals surface area contributed by atoms with Crippen LogP contribution in [0.25, 0.3) is 11.0 Å². The van der Waals surface area contributed by atoms with Crippen molar-refractivity contribution in [3.63, 3.8) is 0 Å². The maximum absolute atomic E-state index is 13.5. The highest BCUT2D eigenvalue weighted by Gasteiger charge is 2.31. The van der Waals surface area contributed by atoms with E-state index in [1.807, 2.05) is 25.1 Å². The first kappa shape index (κ1) is 22.6. The van der Waals surface area contributed by atoms with Crippen molar-refractivity contribution >= 4 is 40.1 Å². The number of nitrogens with one attached hydrogen (secondary N) is 1. The Bertz CT molecular complexity index is 1500. The fourth-order valence-corrected chi connectivity index (χ4v) is 4.82. The minimum atomic E-state index is -0.525. The molecule has 3 aromatic carbocycles. The number of fused-ring (bicyclic) bond motifs is 2. The average Bonchev–Trinajstić information content (AvgIpc) is 3.13. The Labute approximate surface area is 203 Å². The average molecular weight is 468 g/mol. The standard InChI is InChI=1S/C28H27N4O3/c1-18-10-13-24-20(15-18)7-4-5-14-31(24)21-11-12-22(26(16-21)35-3)28(34)32(17-33)25-9-6-8-23-27(25)30-19(2)29-23/h6,8-13,15-16H,4-5,7,14H2,1-3H3,(H,29,30)/q+1. The third-order valence-corrected chi connectivity index (χ3v) is 6.48. The van der Waals surface area contributed by atoms with Gasteiger partial charge in [-0.15, -0.1) is 0 Å². The molecular weight excluding hydrogens is 440 g/mol. The smallest absolute Gasteiger partial charge is 0.440 e. The number of carbonyl (C=O) groups is 1. The van der Waals surface area contributed by atoms with E-state index < -0.39 is 5.91 Å². The lowest BCUT2D eigenvalue weighted by molar-refractivity contribution is -0.330. The van der Waals surface area contributed by atoms with Crippen LogP contribution in [0.5, 0.6) is 5.75 Å². The number of benzene rings is 3. The van der Waals surface area contributed by atoms with Crippen molar-refractivity contribution < 1.29 is 18.9 Å². The van der Waals surface area contributed by atoms with Gasteiger partial charge in [-0.3, -0.25) is 0 Å². The fourth-order valence-electron chi connectivity index (χ4n) is 4.82. The van der Waals surface area contributed by atoms with Crippen LogP contribution in [0.3, 0.4) is 0 Å². The van der Waals surface area contributed by atoms with Gasteiger partial charge < -0.3 is 14.6 Å². The predicted molar refractivity (Wildman–Crippen MR) is 135 cm³/mol. The number of nitrogens with zero attached hydrogens (tertiary/aromatic N) is 3. The van der Waals surface area contributed by atoms with Crippen LogP contribution in [0.4, 0.5) is 17.1 Å². The predicted octanol–water partition coefficient (Wildman–Crippen LogP) is 5.48. The number of H-pyrrole nitrogens is 1. The first-order valence-electron chi connectivity index (χ1n) is 11.7. The van der Waals surface area contributed by atoms with E-state index in [0.717, 1.165) is 41.6 Å². The van der Waals surface area contributed by atoms with E-state index in [-0.39, 0.29) is 5.56 Å². The summed E-state index contributed by atoms with van der Waals surface area (Å²) in [4.78, 5) is 35.3. The maximum atomic E-state index is 13.5. The van der Waals surface area contributed by atoms with Crippen LogP contribution in [-0.2, 0) is 11.2 Å². The van der Waals surface area contributed by atoms with E-state index in [1.165, 1.54) is 23.9 Å². The molecule has 0 unspecified atom stereocenters. The molecule has 7 heteroatoms. The molecule has 0 fully saturated rings. The number of ether oxygens (including phenoxy) is 1. The number of rotatable bonds is 4. The number of anilines is 2. The van der Waals surface area contributed by atoms with Gasteiger partial charge >= 0.3 is 12.0 Å². The zero-order chi connectivity index (χ0) is 24.5. The van der Waals surface area contributed by atoms with Gasteiger partial charge in [-0.1, -0.05) is 23.8 Å². The first-order valence-corrected chi connectivity index (χ1v) is 11.7. The number of carbonyl (C=O) groups excluding carboxylic acids is 2. The molecule has 5 rings (SSSR count). The highest BCUT2D eigenvalue weighted by atomic mass is 16.5. The van der Waals surface area contributed by atoms with Gasteiger partial charge in [-0.25, -0.2) is 9.78 Å². The highest BCUT2D eigenvalue weighted by Crippen LogP contribution is 2.36. The second kappa shape index (κ2) is 9.20. The van der Waals surface area contributed by atoms with E-state index in [0.29, 0.717) is 22.8 Å². The van der Waals surface area contributed by atoms with Gasteiger partial charge in [-0.05, 0) is 67.5 Å². The third-order valence-electron chi connectivity index (χ3n) is 6.48. The third kappa shape index (κ3) is 4.11. The summed E-state index contributed by atoms with van der Waals surface area (Å²) in [6, 6.07) is 17.3. The molecule has 1 aromatic heterocycles. The highest BCUT2D eigenvalue weighted by molar-refractivity contribution is 5.97. The number of para-hydroxylation sites is 1. The zero-order valence-electron chi connectivity index (χ0n) is 20.1. The number of aromatic nitrogens is 2. The summed E-state index contributed by atoms with van der Waals surface area (Å²) in [5, 5.41) is 0. The molecule has 0 aliphatic carbocycles. The number of aryl methyl sites for hydroxylation is 3. The quantitative estimate of drug-likeness (QED) is 0.244. The summed E-state index contributed by atoms with van der Waals surface area (Å²) in [5.41, 5.74) is 6.62. The Morgan fingerprint density at radius 1 is 1.11 bits per heavy atom. The SMILES string of the molecule is COc1cc(N2CCCCc3cc(C)ccc32)ccc1C(=O)[N+](=C=O)c1cccc2[nH]c(C)nc12. The molecule has 1 amide bonds. The topological polar surface area (TPSA) is 78.3 Å². The lowest BCUT2D eigenvalue weighted by Crippen LogP contribution is -2.20. The zero-order valence-corrected chi connectivity index (χ0v) is 20.1. The van der Waals surface area contributed by atoms with E-state index >= 15 is 0 Å². The largest absolute Gasteiger partial charge is 0.496 e. The normalized spacial score (nSPS) is 13.2. The molecule has 1 aliphatic heterocycles. The molecule has 35 heavy (non-hydrogen) atoms. The molecule has 7 nitrogen and oxygen atoms in total. The van der Waals surface area contributed by atoms with Crippen LogP contribution < -0.4 is 9.64 Å². The number of imidazole rings is 1. The van der Waals surface area contributed by atoms with Crippen molar-refractivity contribution in [2.24, 2.45) is 0 Å². The molecule has 0 saturated heterocycles. The second-order valence-electron chi connectivity index (χ2n) is 8.85.